The summed E-state index contributed by atoms with van der Waals surface area (Å²) in [6.07, 6.45) is 4.42. The smallest absolute Gasteiger partial charge is 0.262 e. The fourth-order valence-corrected chi connectivity index (χ4v) is 6.55. The molecule has 1 aromatic heterocycles. The zero-order valence-electron chi connectivity index (χ0n) is 22.6. The van der Waals surface area contributed by atoms with Crippen LogP contribution in [0.25, 0.3) is 10.9 Å². The van der Waals surface area contributed by atoms with Crippen LogP contribution in [0.5, 0.6) is 0 Å². The molecule has 0 aliphatic carbocycles. The van der Waals surface area contributed by atoms with Crippen LogP contribution < -0.4 is 10.5 Å². The normalized spacial score (nSPS) is 18.0. The molecule has 5 rings (SSSR count). The van der Waals surface area contributed by atoms with Gasteiger partial charge in [0, 0.05) is 57.4 Å². The summed E-state index contributed by atoms with van der Waals surface area (Å²) < 4.78 is 1.59. The van der Waals surface area contributed by atoms with Gasteiger partial charge in [0.1, 0.15) is 0 Å². The third-order valence-corrected chi connectivity index (χ3v) is 8.83. The predicted molar refractivity (Wildman–Crippen MR) is 156 cm³/mol. The van der Waals surface area contributed by atoms with Crippen molar-refractivity contribution >= 4 is 40.2 Å². The minimum Gasteiger partial charge on any atom is -0.368 e. The third kappa shape index (κ3) is 6.30. The van der Waals surface area contributed by atoms with E-state index in [1.165, 1.54) is 17.4 Å². The van der Waals surface area contributed by atoms with E-state index in [4.69, 9.17) is 4.98 Å². The summed E-state index contributed by atoms with van der Waals surface area (Å²) in [6.45, 7) is 6.04. The van der Waals surface area contributed by atoms with Crippen molar-refractivity contribution in [2.24, 2.45) is 0 Å². The van der Waals surface area contributed by atoms with Crippen LogP contribution in [0.15, 0.2) is 64.5 Å². The van der Waals surface area contributed by atoms with Gasteiger partial charge in [-0.25, -0.2) is 4.98 Å². The summed E-state index contributed by atoms with van der Waals surface area (Å²) in [6, 6.07) is 17.8. The third-order valence-electron chi connectivity index (χ3n) is 7.87. The van der Waals surface area contributed by atoms with Crippen molar-refractivity contribution in [1.82, 2.24) is 19.4 Å². The van der Waals surface area contributed by atoms with Gasteiger partial charge in [0.15, 0.2) is 5.16 Å². The molecule has 0 spiro atoms. The molecular weight excluding hydrogens is 510 g/mol. The fourth-order valence-electron chi connectivity index (χ4n) is 5.64. The number of fused-ring (bicyclic) bond motifs is 1. The maximum absolute atomic E-state index is 13.5. The molecule has 0 N–H and O–H groups in total. The van der Waals surface area contributed by atoms with Crippen LogP contribution in [0.2, 0.25) is 0 Å². The first-order chi connectivity index (χ1) is 19.0. The van der Waals surface area contributed by atoms with Gasteiger partial charge in [-0.1, -0.05) is 49.0 Å². The van der Waals surface area contributed by atoms with E-state index in [1.54, 1.807) is 10.6 Å². The quantitative estimate of drug-likeness (QED) is 0.313. The van der Waals surface area contributed by atoms with E-state index in [0.29, 0.717) is 35.2 Å². The Morgan fingerprint density at radius 2 is 1.67 bits per heavy atom. The lowest BCUT2D eigenvalue weighted by atomic mass is 10.0. The molecule has 2 fully saturated rings. The number of nitrogens with zero attached hydrogens (tertiary/aromatic N) is 5. The summed E-state index contributed by atoms with van der Waals surface area (Å²) >= 11 is 1.30. The van der Waals surface area contributed by atoms with Crippen LogP contribution in [-0.2, 0) is 16.1 Å². The van der Waals surface area contributed by atoms with Gasteiger partial charge in [0.05, 0.1) is 16.7 Å². The molecular formula is C30H37N5O3S. The lowest BCUT2D eigenvalue weighted by molar-refractivity contribution is -0.132. The van der Waals surface area contributed by atoms with Crippen molar-refractivity contribution in [3.8, 4) is 0 Å². The van der Waals surface area contributed by atoms with Crippen LogP contribution in [-0.4, -0.2) is 75.7 Å². The molecule has 0 unspecified atom stereocenters. The lowest BCUT2D eigenvalue weighted by Crippen LogP contribution is -2.49. The van der Waals surface area contributed by atoms with E-state index in [1.807, 2.05) is 46.2 Å². The van der Waals surface area contributed by atoms with Crippen molar-refractivity contribution in [3.63, 3.8) is 0 Å². The number of benzene rings is 2. The highest BCUT2D eigenvalue weighted by molar-refractivity contribution is 7.99. The van der Waals surface area contributed by atoms with E-state index in [2.05, 4.69) is 24.0 Å². The van der Waals surface area contributed by atoms with Crippen molar-refractivity contribution in [2.45, 2.75) is 56.8 Å². The van der Waals surface area contributed by atoms with Gasteiger partial charge in [-0.2, -0.15) is 0 Å². The van der Waals surface area contributed by atoms with Crippen LogP contribution in [0.1, 0.15) is 39.0 Å². The first kappa shape index (κ1) is 27.2. The Kier molecular flexibility index (Phi) is 8.86. The average Bonchev–Trinajstić information content (AvgIpc) is 3.00. The highest BCUT2D eigenvalue weighted by atomic mass is 32.2. The molecule has 2 aliphatic rings. The molecule has 206 valence electrons. The maximum Gasteiger partial charge on any atom is 0.262 e. The number of para-hydroxylation sites is 2. The number of thioether (sulfide) groups is 1. The Hall–Kier alpha value is -3.33. The lowest BCUT2D eigenvalue weighted by Gasteiger charge is -2.36. The van der Waals surface area contributed by atoms with Crippen molar-refractivity contribution in [3.05, 3.63) is 65.0 Å². The molecule has 39 heavy (non-hydrogen) atoms. The molecule has 0 bridgehead atoms. The number of hydrogen-bond donors (Lipinski definition) is 0. The molecule has 3 aromatic rings. The summed E-state index contributed by atoms with van der Waals surface area (Å²) in [5.74, 6) is 0.359. The minimum atomic E-state index is -0.165. The molecule has 1 atom stereocenters. The van der Waals surface area contributed by atoms with Gasteiger partial charge in [-0.05, 0) is 49.9 Å². The monoisotopic (exact) mass is 547 g/mol. The molecule has 2 amide bonds. The minimum absolute atomic E-state index is 0.0360. The van der Waals surface area contributed by atoms with Gasteiger partial charge in [-0.3, -0.25) is 19.0 Å². The average molecular weight is 548 g/mol. The van der Waals surface area contributed by atoms with E-state index in [9.17, 15) is 14.4 Å². The van der Waals surface area contributed by atoms with Crippen LogP contribution in [0, 0.1) is 0 Å². The number of aromatic nitrogens is 2. The van der Waals surface area contributed by atoms with Crippen molar-refractivity contribution in [2.75, 3.05) is 43.4 Å². The topological polar surface area (TPSA) is 78.8 Å². The number of anilines is 1. The molecule has 0 radical (unpaired) electrons. The number of carbonyl (C=O) groups is 2. The number of amides is 2. The van der Waals surface area contributed by atoms with Gasteiger partial charge >= 0.3 is 0 Å². The highest BCUT2D eigenvalue weighted by Gasteiger charge is 2.26. The van der Waals surface area contributed by atoms with E-state index >= 15 is 0 Å². The molecule has 0 saturated carbocycles. The summed E-state index contributed by atoms with van der Waals surface area (Å²) in [4.78, 5) is 50.7. The van der Waals surface area contributed by atoms with Crippen molar-refractivity contribution < 1.29 is 9.59 Å². The molecule has 2 aliphatic heterocycles. The van der Waals surface area contributed by atoms with E-state index in [0.717, 1.165) is 45.3 Å². The second kappa shape index (κ2) is 12.7. The largest absolute Gasteiger partial charge is 0.368 e. The Labute approximate surface area is 234 Å². The highest BCUT2D eigenvalue weighted by Crippen LogP contribution is 2.24. The molecule has 8 nitrogen and oxygen atoms in total. The number of rotatable bonds is 8. The second-order valence-electron chi connectivity index (χ2n) is 10.3. The molecule has 2 aromatic carbocycles. The predicted octanol–water partition coefficient (Wildman–Crippen LogP) is 4.02. The Morgan fingerprint density at radius 1 is 0.923 bits per heavy atom. The van der Waals surface area contributed by atoms with Crippen LogP contribution in [0.4, 0.5) is 5.69 Å². The Balaban J connectivity index is 1.26. The zero-order chi connectivity index (χ0) is 27.2. The van der Waals surface area contributed by atoms with Gasteiger partial charge in [-0.15, -0.1) is 0 Å². The number of likely N-dealkylation sites (tertiary alicyclic amines) is 1. The summed E-state index contributed by atoms with van der Waals surface area (Å²) in [5, 5.41) is 1.03. The van der Waals surface area contributed by atoms with Gasteiger partial charge < -0.3 is 14.7 Å². The van der Waals surface area contributed by atoms with Crippen LogP contribution in [0.3, 0.4) is 0 Å². The fraction of sp³-hybridized carbons (Fsp3) is 0.467. The molecule has 9 heteroatoms. The van der Waals surface area contributed by atoms with Gasteiger partial charge in [0.2, 0.25) is 11.8 Å². The summed E-state index contributed by atoms with van der Waals surface area (Å²) in [5.41, 5.74) is 1.62. The SMILES string of the molecule is CC[C@@H]1CCCCN1C(=O)CSc1nc2ccccc2c(=O)n1CCC(=O)N1CCN(c2ccccc2)CC1. The summed E-state index contributed by atoms with van der Waals surface area (Å²) in [7, 11) is 0. The number of piperidine rings is 1. The molecule has 2 saturated heterocycles. The maximum atomic E-state index is 13.5. The standard InChI is InChI=1S/C30H37N5O3S/c1-2-23-10-8-9-16-34(23)28(37)22-39-30-31-26-14-7-6-13-25(26)29(38)35(30)17-15-27(36)33-20-18-32(19-21-33)24-11-4-3-5-12-24/h3-7,11-14,23H,2,8-10,15-22H2,1H3/t23-/m1/s1. The first-order valence-corrected chi connectivity index (χ1v) is 15.0. The number of piperazine rings is 1. The van der Waals surface area contributed by atoms with E-state index < -0.39 is 0 Å². The first-order valence-electron chi connectivity index (χ1n) is 14.0. The zero-order valence-corrected chi connectivity index (χ0v) is 23.4. The molecule has 3 heterocycles. The van der Waals surface area contributed by atoms with Gasteiger partial charge in [0.25, 0.3) is 5.56 Å². The Bertz CT molecular complexity index is 1350. The second-order valence-corrected chi connectivity index (χ2v) is 11.2. The van der Waals surface area contributed by atoms with Crippen LogP contribution >= 0.6 is 11.8 Å². The van der Waals surface area contributed by atoms with Crippen molar-refractivity contribution in [1.29, 1.82) is 0 Å². The number of hydrogen-bond acceptors (Lipinski definition) is 6. The Morgan fingerprint density at radius 3 is 2.44 bits per heavy atom. The number of carbonyl (C=O) groups excluding carboxylic acids is 2. The van der Waals surface area contributed by atoms with E-state index in [-0.39, 0.29) is 36.1 Å².